The predicted molar refractivity (Wildman–Crippen MR) is 85.3 cm³/mol. The van der Waals surface area contributed by atoms with Gasteiger partial charge in [-0.1, -0.05) is 29.5 Å². The standard InChI is InChI=1S/C14H13N5O2S/c1-9(12(21)17-10-5-3-2-4-6-10)16-13-18-19-11(20)7-8-15-14(19)22-13/h2-9H,1H3,(H,16,18)(H,17,21). The zero-order valence-electron chi connectivity index (χ0n) is 11.7. The first-order chi connectivity index (χ1) is 10.6. The van der Waals surface area contributed by atoms with Crippen LogP contribution in [0, 0.1) is 0 Å². The normalized spacial score (nSPS) is 12.0. The molecule has 1 amide bonds. The van der Waals surface area contributed by atoms with E-state index in [4.69, 9.17) is 0 Å². The second-order valence-electron chi connectivity index (χ2n) is 4.61. The summed E-state index contributed by atoms with van der Waals surface area (Å²) in [7, 11) is 0. The average molecular weight is 315 g/mol. The minimum absolute atomic E-state index is 0.189. The highest BCUT2D eigenvalue weighted by molar-refractivity contribution is 7.20. The number of hydrogen-bond donors (Lipinski definition) is 2. The molecule has 112 valence electrons. The maximum atomic E-state index is 12.1. The smallest absolute Gasteiger partial charge is 0.275 e. The van der Waals surface area contributed by atoms with E-state index in [1.54, 1.807) is 6.92 Å². The largest absolute Gasteiger partial charge is 0.349 e. The molecule has 8 heteroatoms. The molecule has 2 aromatic heterocycles. The summed E-state index contributed by atoms with van der Waals surface area (Å²) in [6.07, 6.45) is 1.44. The number of hydrogen-bond acceptors (Lipinski definition) is 6. The van der Waals surface area contributed by atoms with Crippen LogP contribution in [0.2, 0.25) is 0 Å². The number of aromatic nitrogens is 3. The number of nitrogens with zero attached hydrogens (tertiary/aromatic N) is 3. The molecule has 0 saturated heterocycles. The second kappa shape index (κ2) is 5.94. The van der Waals surface area contributed by atoms with E-state index in [-0.39, 0.29) is 11.5 Å². The lowest BCUT2D eigenvalue weighted by molar-refractivity contribution is -0.116. The van der Waals surface area contributed by atoms with Crippen LogP contribution < -0.4 is 16.2 Å². The van der Waals surface area contributed by atoms with Crippen molar-refractivity contribution in [3.05, 3.63) is 52.9 Å². The third kappa shape index (κ3) is 2.96. The van der Waals surface area contributed by atoms with Crippen LogP contribution in [0.4, 0.5) is 10.8 Å². The van der Waals surface area contributed by atoms with Gasteiger partial charge in [0.05, 0.1) is 0 Å². The van der Waals surface area contributed by atoms with E-state index in [0.717, 1.165) is 5.69 Å². The van der Waals surface area contributed by atoms with Gasteiger partial charge in [0, 0.05) is 18.0 Å². The van der Waals surface area contributed by atoms with Crippen LogP contribution in [0.5, 0.6) is 0 Å². The SMILES string of the molecule is CC(Nc1nn2c(=O)ccnc2s1)C(=O)Nc1ccccc1. The highest BCUT2D eigenvalue weighted by Crippen LogP contribution is 2.17. The van der Waals surface area contributed by atoms with Crippen molar-refractivity contribution in [2.75, 3.05) is 10.6 Å². The first-order valence-electron chi connectivity index (χ1n) is 6.61. The van der Waals surface area contributed by atoms with Gasteiger partial charge in [-0.15, -0.1) is 5.10 Å². The van der Waals surface area contributed by atoms with Crippen LogP contribution >= 0.6 is 11.3 Å². The van der Waals surface area contributed by atoms with Crippen molar-refractivity contribution in [1.29, 1.82) is 0 Å². The van der Waals surface area contributed by atoms with Crippen LogP contribution in [0.1, 0.15) is 6.92 Å². The summed E-state index contributed by atoms with van der Waals surface area (Å²) >= 11 is 1.21. The van der Waals surface area contributed by atoms with Crippen molar-refractivity contribution in [2.45, 2.75) is 13.0 Å². The predicted octanol–water partition coefficient (Wildman–Crippen LogP) is 1.59. The highest BCUT2D eigenvalue weighted by atomic mass is 32.1. The Balaban J connectivity index is 1.72. The number of benzene rings is 1. The topological polar surface area (TPSA) is 88.4 Å². The Kier molecular flexibility index (Phi) is 3.84. The lowest BCUT2D eigenvalue weighted by atomic mass is 10.3. The molecule has 0 bridgehead atoms. The quantitative estimate of drug-likeness (QED) is 0.763. The average Bonchev–Trinajstić information content (AvgIpc) is 2.92. The molecule has 1 aromatic carbocycles. The number of anilines is 2. The van der Waals surface area contributed by atoms with Crippen molar-refractivity contribution in [1.82, 2.24) is 14.6 Å². The van der Waals surface area contributed by atoms with Gasteiger partial charge in [-0.05, 0) is 19.1 Å². The molecule has 1 unspecified atom stereocenters. The van der Waals surface area contributed by atoms with Crippen LogP contribution in [0.3, 0.4) is 0 Å². The van der Waals surface area contributed by atoms with E-state index in [1.807, 2.05) is 30.3 Å². The van der Waals surface area contributed by atoms with Crippen LogP contribution in [0.15, 0.2) is 47.4 Å². The Bertz CT molecular complexity index is 858. The zero-order valence-corrected chi connectivity index (χ0v) is 12.5. The van der Waals surface area contributed by atoms with Gasteiger partial charge in [-0.25, -0.2) is 4.98 Å². The lowest BCUT2D eigenvalue weighted by Gasteiger charge is -2.12. The summed E-state index contributed by atoms with van der Waals surface area (Å²) in [6.45, 7) is 1.72. The molecule has 2 N–H and O–H groups in total. The Hall–Kier alpha value is -2.74. The van der Waals surface area contributed by atoms with E-state index in [0.29, 0.717) is 10.1 Å². The van der Waals surface area contributed by atoms with E-state index in [1.165, 1.54) is 28.1 Å². The van der Waals surface area contributed by atoms with Crippen LogP contribution in [0.25, 0.3) is 4.96 Å². The summed E-state index contributed by atoms with van der Waals surface area (Å²) in [5, 5.41) is 10.3. The number of carbonyl (C=O) groups is 1. The lowest BCUT2D eigenvalue weighted by Crippen LogP contribution is -2.31. The maximum Gasteiger partial charge on any atom is 0.275 e. The van der Waals surface area contributed by atoms with Crippen molar-refractivity contribution in [2.24, 2.45) is 0 Å². The number of para-hydroxylation sites is 1. The molecule has 0 aliphatic heterocycles. The molecule has 1 atom stereocenters. The molecule has 0 spiro atoms. The number of rotatable bonds is 4. The highest BCUT2D eigenvalue weighted by Gasteiger charge is 2.15. The van der Waals surface area contributed by atoms with Gasteiger partial charge in [0.1, 0.15) is 6.04 Å². The molecule has 0 radical (unpaired) electrons. The second-order valence-corrected chi connectivity index (χ2v) is 5.56. The van der Waals surface area contributed by atoms with E-state index in [2.05, 4.69) is 20.7 Å². The fraction of sp³-hybridized carbons (Fsp3) is 0.143. The van der Waals surface area contributed by atoms with Crippen LogP contribution in [-0.2, 0) is 4.79 Å². The summed E-state index contributed by atoms with van der Waals surface area (Å²) in [4.78, 5) is 28.3. The molecule has 7 nitrogen and oxygen atoms in total. The van der Waals surface area contributed by atoms with E-state index >= 15 is 0 Å². The van der Waals surface area contributed by atoms with Gasteiger partial charge < -0.3 is 10.6 Å². The number of nitrogens with one attached hydrogen (secondary N) is 2. The minimum atomic E-state index is -0.503. The van der Waals surface area contributed by atoms with Crippen molar-refractivity contribution in [3.63, 3.8) is 0 Å². The Morgan fingerprint density at radius 3 is 2.77 bits per heavy atom. The molecule has 0 aliphatic rings. The molecule has 22 heavy (non-hydrogen) atoms. The van der Waals surface area contributed by atoms with Crippen molar-refractivity contribution >= 4 is 33.0 Å². The molecule has 0 aliphatic carbocycles. The number of amides is 1. The van der Waals surface area contributed by atoms with E-state index < -0.39 is 6.04 Å². The summed E-state index contributed by atoms with van der Waals surface area (Å²) in [5.74, 6) is -0.189. The van der Waals surface area contributed by atoms with Gasteiger partial charge in [-0.2, -0.15) is 4.52 Å². The minimum Gasteiger partial charge on any atom is -0.349 e. The summed E-state index contributed by atoms with van der Waals surface area (Å²) in [5.41, 5.74) is 0.471. The zero-order chi connectivity index (χ0) is 15.5. The monoisotopic (exact) mass is 315 g/mol. The molecule has 3 rings (SSSR count). The Morgan fingerprint density at radius 2 is 2.05 bits per heavy atom. The molecule has 0 saturated carbocycles. The maximum absolute atomic E-state index is 12.1. The van der Waals surface area contributed by atoms with Crippen molar-refractivity contribution < 1.29 is 4.79 Å². The van der Waals surface area contributed by atoms with Gasteiger partial charge in [0.15, 0.2) is 0 Å². The molecular weight excluding hydrogens is 302 g/mol. The van der Waals surface area contributed by atoms with Crippen LogP contribution in [-0.4, -0.2) is 26.5 Å². The van der Waals surface area contributed by atoms with Crippen molar-refractivity contribution in [3.8, 4) is 0 Å². The number of carbonyl (C=O) groups excluding carboxylic acids is 1. The first-order valence-corrected chi connectivity index (χ1v) is 7.42. The molecule has 3 aromatic rings. The molecular formula is C14H13N5O2S. The van der Waals surface area contributed by atoms with Gasteiger partial charge in [-0.3, -0.25) is 9.59 Å². The fourth-order valence-corrected chi connectivity index (χ4v) is 2.69. The van der Waals surface area contributed by atoms with Gasteiger partial charge in [0.25, 0.3) is 5.56 Å². The van der Waals surface area contributed by atoms with E-state index in [9.17, 15) is 9.59 Å². The Morgan fingerprint density at radius 1 is 1.27 bits per heavy atom. The number of fused-ring (bicyclic) bond motifs is 1. The first kappa shape index (κ1) is 14.2. The third-order valence-electron chi connectivity index (χ3n) is 2.95. The summed E-state index contributed by atoms with van der Waals surface area (Å²) < 4.78 is 1.20. The fourth-order valence-electron chi connectivity index (χ4n) is 1.82. The molecule has 2 heterocycles. The van der Waals surface area contributed by atoms with Gasteiger partial charge in [0.2, 0.25) is 16.0 Å². The Labute approximate surface area is 129 Å². The third-order valence-corrected chi connectivity index (χ3v) is 3.80. The summed E-state index contributed by atoms with van der Waals surface area (Å²) in [6, 6.07) is 10.0. The van der Waals surface area contributed by atoms with Gasteiger partial charge >= 0.3 is 0 Å². The molecule has 0 fully saturated rings.